The molecule has 2 aliphatic heterocycles. The highest BCUT2D eigenvalue weighted by atomic mass is 16.7. The van der Waals surface area contributed by atoms with Crippen molar-refractivity contribution in [3.63, 3.8) is 0 Å². The van der Waals surface area contributed by atoms with E-state index in [9.17, 15) is 0 Å². The normalized spacial score (nSPS) is 27.7. The van der Waals surface area contributed by atoms with Gasteiger partial charge in [-0.25, -0.2) is 0 Å². The van der Waals surface area contributed by atoms with Crippen LogP contribution in [0.4, 0.5) is 0 Å². The first kappa shape index (κ1) is 12.2. The maximum absolute atomic E-state index is 5.84. The summed E-state index contributed by atoms with van der Waals surface area (Å²) in [5.41, 5.74) is 1.38. The number of likely N-dealkylation sites (tertiary alicyclic amines) is 1. The van der Waals surface area contributed by atoms with Gasteiger partial charge in [-0.3, -0.25) is 4.90 Å². The fourth-order valence-corrected chi connectivity index (χ4v) is 3.06. The lowest BCUT2D eigenvalue weighted by Gasteiger charge is -2.42. The lowest BCUT2D eigenvalue weighted by Crippen LogP contribution is -2.51. The number of nitrogens with zero attached hydrogens (tertiary/aromatic N) is 1. The molecule has 2 fully saturated rings. The zero-order valence-electron chi connectivity index (χ0n) is 11.0. The number of hydrogen-bond donors (Lipinski definition) is 0. The van der Waals surface area contributed by atoms with Crippen LogP contribution in [0.3, 0.4) is 0 Å². The highest BCUT2D eigenvalue weighted by Crippen LogP contribution is 2.36. The molecule has 1 aromatic carbocycles. The van der Waals surface area contributed by atoms with Crippen molar-refractivity contribution in [1.82, 2.24) is 4.90 Å². The summed E-state index contributed by atoms with van der Waals surface area (Å²) in [6.07, 6.45) is 0.987. The topological polar surface area (TPSA) is 21.7 Å². The molecule has 1 atom stereocenters. The Hall–Kier alpha value is -0.900. The van der Waals surface area contributed by atoms with Crippen LogP contribution in [0.1, 0.15) is 18.9 Å². The fraction of sp³-hybridized carbons (Fsp3) is 0.600. The summed E-state index contributed by atoms with van der Waals surface area (Å²) < 4.78 is 11.7. The quantitative estimate of drug-likeness (QED) is 0.800. The molecule has 0 aliphatic carbocycles. The van der Waals surface area contributed by atoms with Crippen LogP contribution < -0.4 is 0 Å². The van der Waals surface area contributed by atoms with Gasteiger partial charge in [0.15, 0.2) is 5.79 Å². The first-order chi connectivity index (χ1) is 8.78. The molecule has 2 aliphatic rings. The van der Waals surface area contributed by atoms with E-state index in [-0.39, 0.29) is 5.79 Å². The SMILES string of the molecule is CC1CN(Cc2ccccc2)CCC12OCCO2. The van der Waals surface area contributed by atoms with Gasteiger partial charge in [0.1, 0.15) is 0 Å². The number of benzene rings is 1. The molecule has 0 aromatic heterocycles. The van der Waals surface area contributed by atoms with Crippen molar-refractivity contribution >= 4 is 0 Å². The van der Waals surface area contributed by atoms with Crippen LogP contribution in [0.2, 0.25) is 0 Å². The number of hydrogen-bond acceptors (Lipinski definition) is 3. The predicted octanol–water partition coefficient (Wildman–Crippen LogP) is 2.27. The van der Waals surface area contributed by atoms with E-state index in [1.165, 1.54) is 5.56 Å². The van der Waals surface area contributed by atoms with E-state index < -0.39 is 0 Å². The van der Waals surface area contributed by atoms with Gasteiger partial charge in [-0.15, -0.1) is 0 Å². The number of ether oxygens (including phenoxy) is 2. The summed E-state index contributed by atoms with van der Waals surface area (Å²) >= 11 is 0. The van der Waals surface area contributed by atoms with E-state index in [1.807, 2.05) is 0 Å². The molecule has 1 unspecified atom stereocenters. The van der Waals surface area contributed by atoms with E-state index in [2.05, 4.69) is 42.2 Å². The lowest BCUT2D eigenvalue weighted by molar-refractivity contribution is -0.217. The Morgan fingerprint density at radius 1 is 1.22 bits per heavy atom. The molecule has 3 heteroatoms. The van der Waals surface area contributed by atoms with Crippen molar-refractivity contribution in [2.75, 3.05) is 26.3 Å². The van der Waals surface area contributed by atoms with E-state index in [0.29, 0.717) is 5.92 Å². The van der Waals surface area contributed by atoms with Crippen LogP contribution in [0.25, 0.3) is 0 Å². The minimum absolute atomic E-state index is 0.285. The molecule has 0 amide bonds. The Kier molecular flexibility index (Phi) is 3.37. The first-order valence-electron chi connectivity index (χ1n) is 6.83. The molecule has 0 saturated carbocycles. The Morgan fingerprint density at radius 2 is 1.94 bits per heavy atom. The van der Waals surface area contributed by atoms with Crippen LogP contribution in [0, 0.1) is 5.92 Å². The van der Waals surface area contributed by atoms with E-state index >= 15 is 0 Å². The minimum atomic E-state index is -0.285. The second kappa shape index (κ2) is 5.00. The average molecular weight is 247 g/mol. The molecular weight excluding hydrogens is 226 g/mol. The van der Waals surface area contributed by atoms with Gasteiger partial charge < -0.3 is 9.47 Å². The zero-order chi connectivity index (χ0) is 12.4. The van der Waals surface area contributed by atoms with Gasteiger partial charge >= 0.3 is 0 Å². The lowest BCUT2D eigenvalue weighted by atomic mass is 9.92. The van der Waals surface area contributed by atoms with Crippen LogP contribution in [-0.4, -0.2) is 37.0 Å². The highest BCUT2D eigenvalue weighted by Gasteiger charge is 2.45. The number of piperidine rings is 1. The standard InChI is InChI=1S/C15H21NO2/c1-13-11-16(12-14-5-3-2-4-6-14)8-7-15(13)17-9-10-18-15/h2-6,13H,7-12H2,1H3. The molecule has 0 bridgehead atoms. The van der Waals surface area contributed by atoms with Gasteiger partial charge in [-0.2, -0.15) is 0 Å². The van der Waals surface area contributed by atoms with Crippen LogP contribution >= 0.6 is 0 Å². The smallest absolute Gasteiger partial charge is 0.173 e. The summed E-state index contributed by atoms with van der Waals surface area (Å²) in [7, 11) is 0. The van der Waals surface area contributed by atoms with Gasteiger partial charge in [0.05, 0.1) is 13.2 Å². The van der Waals surface area contributed by atoms with Crippen LogP contribution in [0.5, 0.6) is 0 Å². The van der Waals surface area contributed by atoms with E-state index in [0.717, 1.165) is 39.3 Å². The molecule has 0 radical (unpaired) electrons. The van der Waals surface area contributed by atoms with Crippen LogP contribution in [-0.2, 0) is 16.0 Å². The van der Waals surface area contributed by atoms with Crippen molar-refractivity contribution in [3.8, 4) is 0 Å². The zero-order valence-corrected chi connectivity index (χ0v) is 11.0. The molecular formula is C15H21NO2. The predicted molar refractivity (Wildman–Crippen MR) is 70.1 cm³/mol. The summed E-state index contributed by atoms with van der Waals surface area (Å²) in [5, 5.41) is 0. The molecule has 98 valence electrons. The second-order valence-electron chi connectivity index (χ2n) is 5.38. The molecule has 1 aromatic rings. The highest BCUT2D eigenvalue weighted by molar-refractivity contribution is 5.14. The fourth-order valence-electron chi connectivity index (χ4n) is 3.06. The Bertz CT molecular complexity index is 387. The van der Waals surface area contributed by atoms with Crippen molar-refractivity contribution in [2.24, 2.45) is 5.92 Å². The minimum Gasteiger partial charge on any atom is -0.347 e. The van der Waals surface area contributed by atoms with E-state index in [4.69, 9.17) is 9.47 Å². The average Bonchev–Trinajstić information content (AvgIpc) is 2.86. The van der Waals surface area contributed by atoms with Gasteiger partial charge in [0, 0.05) is 32.0 Å². The van der Waals surface area contributed by atoms with Gasteiger partial charge in [-0.1, -0.05) is 37.3 Å². The Labute approximate surface area is 109 Å². The maximum Gasteiger partial charge on any atom is 0.173 e. The van der Waals surface area contributed by atoms with Crippen molar-refractivity contribution < 1.29 is 9.47 Å². The van der Waals surface area contributed by atoms with Crippen molar-refractivity contribution in [1.29, 1.82) is 0 Å². The van der Waals surface area contributed by atoms with Crippen molar-refractivity contribution in [3.05, 3.63) is 35.9 Å². The summed E-state index contributed by atoms with van der Waals surface area (Å²) in [5.74, 6) is 0.158. The second-order valence-corrected chi connectivity index (χ2v) is 5.38. The third-order valence-corrected chi connectivity index (χ3v) is 4.08. The largest absolute Gasteiger partial charge is 0.347 e. The summed E-state index contributed by atoms with van der Waals surface area (Å²) in [6, 6.07) is 10.7. The molecule has 18 heavy (non-hydrogen) atoms. The first-order valence-corrected chi connectivity index (χ1v) is 6.83. The Morgan fingerprint density at radius 3 is 2.61 bits per heavy atom. The number of rotatable bonds is 2. The monoisotopic (exact) mass is 247 g/mol. The molecule has 0 N–H and O–H groups in total. The third kappa shape index (κ3) is 2.30. The van der Waals surface area contributed by atoms with Gasteiger partial charge in [0.2, 0.25) is 0 Å². The molecule has 2 saturated heterocycles. The molecule has 3 nitrogen and oxygen atoms in total. The Balaban J connectivity index is 1.61. The summed E-state index contributed by atoms with van der Waals surface area (Å²) in [4.78, 5) is 2.50. The van der Waals surface area contributed by atoms with Crippen molar-refractivity contribution in [2.45, 2.75) is 25.7 Å². The summed E-state index contributed by atoms with van der Waals surface area (Å²) in [6.45, 7) is 6.88. The third-order valence-electron chi connectivity index (χ3n) is 4.08. The molecule has 3 rings (SSSR count). The maximum atomic E-state index is 5.84. The van der Waals surface area contributed by atoms with Gasteiger partial charge in [0.25, 0.3) is 0 Å². The van der Waals surface area contributed by atoms with Gasteiger partial charge in [-0.05, 0) is 5.56 Å². The molecule has 1 spiro atoms. The molecule has 2 heterocycles. The van der Waals surface area contributed by atoms with Crippen LogP contribution in [0.15, 0.2) is 30.3 Å². The van der Waals surface area contributed by atoms with E-state index in [1.54, 1.807) is 0 Å².